The molecule has 0 bridgehead atoms. The van der Waals surface area contributed by atoms with E-state index in [0.29, 0.717) is 0 Å². The van der Waals surface area contributed by atoms with Gasteiger partial charge in [0.05, 0.1) is 6.61 Å². The Morgan fingerprint density at radius 3 is 1.88 bits per heavy atom. The number of aliphatic hydroxyl groups is 1. The van der Waals surface area contributed by atoms with Gasteiger partial charge in [-0.05, 0) is 29.8 Å². The molecule has 0 aromatic heterocycles. The predicted molar refractivity (Wildman–Crippen MR) is 70.5 cm³/mol. The average Bonchev–Trinajstić information content (AvgIpc) is 2.32. The first-order chi connectivity index (χ1) is 7.72. The second-order valence-electron chi connectivity index (χ2n) is 3.24. The van der Waals surface area contributed by atoms with E-state index in [-0.39, 0.29) is 6.61 Å². The van der Waals surface area contributed by atoms with Crippen molar-refractivity contribution in [3.05, 3.63) is 60.2 Å². The Morgan fingerprint density at radius 2 is 1.50 bits per heavy atom. The number of anilines is 1. The van der Waals surface area contributed by atoms with E-state index in [1.165, 1.54) is 0 Å². The highest BCUT2D eigenvalue weighted by Crippen LogP contribution is 2.04. The summed E-state index contributed by atoms with van der Waals surface area (Å²) >= 11 is 4.08. The molecule has 0 heterocycles. The molecule has 0 spiro atoms. The molecule has 2 rings (SSSR count). The number of benzene rings is 2. The first-order valence-electron chi connectivity index (χ1n) is 4.91. The van der Waals surface area contributed by atoms with Crippen molar-refractivity contribution in [2.75, 3.05) is 5.73 Å². The van der Waals surface area contributed by atoms with Gasteiger partial charge in [-0.3, -0.25) is 0 Å². The fraction of sp³-hybridized carbons (Fsp3) is 0.0769. The Bertz CT molecular complexity index is 400. The van der Waals surface area contributed by atoms with E-state index in [9.17, 15) is 0 Å². The third kappa shape index (κ3) is 4.87. The normalized spacial score (nSPS) is 9.12. The highest BCUT2D eigenvalue weighted by atomic mass is 32.1. The molecule has 0 fully saturated rings. The van der Waals surface area contributed by atoms with Gasteiger partial charge in [-0.1, -0.05) is 30.3 Å². The monoisotopic (exact) mass is 233 g/mol. The molecule has 2 nitrogen and oxygen atoms in total. The van der Waals surface area contributed by atoms with Gasteiger partial charge in [0.15, 0.2) is 0 Å². The Morgan fingerprint density at radius 1 is 0.938 bits per heavy atom. The van der Waals surface area contributed by atoms with Crippen molar-refractivity contribution in [1.29, 1.82) is 0 Å². The zero-order valence-electron chi connectivity index (χ0n) is 8.88. The first kappa shape index (κ1) is 12.6. The van der Waals surface area contributed by atoms with Crippen LogP contribution in [0.5, 0.6) is 0 Å². The molecule has 0 radical (unpaired) electrons. The van der Waals surface area contributed by atoms with Crippen LogP contribution in [0.2, 0.25) is 0 Å². The molecule has 0 saturated carbocycles. The molecule has 0 saturated heterocycles. The lowest BCUT2D eigenvalue weighted by molar-refractivity contribution is 0.282. The number of nitrogens with two attached hydrogens (primary N) is 1. The second kappa shape index (κ2) is 6.93. The molecule has 0 aliphatic heterocycles. The van der Waals surface area contributed by atoms with Crippen LogP contribution in [0.1, 0.15) is 5.56 Å². The van der Waals surface area contributed by atoms with E-state index >= 15 is 0 Å². The zero-order chi connectivity index (χ0) is 11.8. The van der Waals surface area contributed by atoms with Crippen molar-refractivity contribution >= 4 is 18.3 Å². The summed E-state index contributed by atoms with van der Waals surface area (Å²) < 4.78 is 0. The van der Waals surface area contributed by atoms with E-state index in [4.69, 9.17) is 10.8 Å². The minimum absolute atomic E-state index is 0.0836. The van der Waals surface area contributed by atoms with Gasteiger partial charge >= 0.3 is 0 Å². The predicted octanol–water partition coefficient (Wildman–Crippen LogP) is 2.74. The molecule has 0 aliphatic carbocycles. The average molecular weight is 233 g/mol. The Labute approximate surface area is 101 Å². The number of aliphatic hydroxyl groups excluding tert-OH is 1. The molecule has 3 N–H and O–H groups in total. The van der Waals surface area contributed by atoms with Crippen LogP contribution in [0.3, 0.4) is 0 Å². The third-order valence-corrected chi connectivity index (χ3v) is 2.22. The van der Waals surface area contributed by atoms with E-state index in [1.54, 1.807) is 24.3 Å². The lowest BCUT2D eigenvalue weighted by Gasteiger charge is -1.94. The molecular weight excluding hydrogens is 218 g/mol. The van der Waals surface area contributed by atoms with Crippen LogP contribution < -0.4 is 5.73 Å². The number of hydrogen-bond acceptors (Lipinski definition) is 3. The van der Waals surface area contributed by atoms with Crippen LogP contribution in [0.25, 0.3) is 0 Å². The van der Waals surface area contributed by atoms with Gasteiger partial charge in [0.25, 0.3) is 0 Å². The van der Waals surface area contributed by atoms with E-state index < -0.39 is 0 Å². The van der Waals surface area contributed by atoms with Crippen LogP contribution >= 0.6 is 12.6 Å². The van der Waals surface area contributed by atoms with Gasteiger partial charge in [-0.25, -0.2) is 0 Å². The molecule has 0 aliphatic rings. The summed E-state index contributed by atoms with van der Waals surface area (Å²) in [6.45, 7) is 0.0836. The summed E-state index contributed by atoms with van der Waals surface area (Å²) in [7, 11) is 0. The molecule has 0 amide bonds. The Balaban J connectivity index is 0.000000165. The standard InChI is InChI=1S/C7H9NO.C6H6S/c8-7-3-1-6(5-9)2-4-7;7-6-4-2-1-3-5-6/h1-4,9H,5,8H2;1-5,7H. The zero-order valence-corrected chi connectivity index (χ0v) is 9.77. The molecule has 84 valence electrons. The van der Waals surface area contributed by atoms with Crippen molar-refractivity contribution in [2.24, 2.45) is 0 Å². The molecule has 2 aromatic carbocycles. The van der Waals surface area contributed by atoms with E-state index in [2.05, 4.69) is 12.6 Å². The second-order valence-corrected chi connectivity index (χ2v) is 3.75. The fourth-order valence-corrected chi connectivity index (χ4v) is 1.22. The molecule has 16 heavy (non-hydrogen) atoms. The van der Waals surface area contributed by atoms with Gasteiger partial charge in [-0.15, -0.1) is 12.6 Å². The van der Waals surface area contributed by atoms with Crippen molar-refractivity contribution in [1.82, 2.24) is 0 Å². The lowest BCUT2D eigenvalue weighted by atomic mass is 10.2. The summed E-state index contributed by atoms with van der Waals surface area (Å²) in [6.07, 6.45) is 0. The SMILES string of the molecule is Nc1ccc(CO)cc1.Sc1ccccc1. The third-order valence-electron chi connectivity index (χ3n) is 1.92. The summed E-state index contributed by atoms with van der Waals surface area (Å²) in [5.41, 5.74) is 7.02. The molecule has 3 heteroatoms. The number of rotatable bonds is 1. The lowest BCUT2D eigenvalue weighted by Crippen LogP contribution is -1.85. The maximum atomic E-state index is 8.59. The summed E-state index contributed by atoms with van der Waals surface area (Å²) in [5, 5.41) is 8.59. The van der Waals surface area contributed by atoms with Crippen LogP contribution in [0.4, 0.5) is 5.69 Å². The van der Waals surface area contributed by atoms with Crippen molar-refractivity contribution < 1.29 is 5.11 Å². The quantitative estimate of drug-likeness (QED) is 0.524. The number of nitrogen functional groups attached to an aromatic ring is 1. The van der Waals surface area contributed by atoms with Crippen LogP contribution in [0, 0.1) is 0 Å². The fourth-order valence-electron chi connectivity index (χ4n) is 1.05. The smallest absolute Gasteiger partial charge is 0.0681 e. The van der Waals surface area contributed by atoms with Gasteiger partial charge in [0.2, 0.25) is 0 Å². The van der Waals surface area contributed by atoms with Crippen molar-refractivity contribution in [3.8, 4) is 0 Å². The van der Waals surface area contributed by atoms with Gasteiger partial charge in [-0.2, -0.15) is 0 Å². The Hall–Kier alpha value is -1.45. The van der Waals surface area contributed by atoms with Crippen LogP contribution in [-0.2, 0) is 6.61 Å². The topological polar surface area (TPSA) is 46.2 Å². The van der Waals surface area contributed by atoms with Crippen LogP contribution in [0.15, 0.2) is 59.5 Å². The maximum Gasteiger partial charge on any atom is 0.0681 e. The van der Waals surface area contributed by atoms with Crippen molar-refractivity contribution in [2.45, 2.75) is 11.5 Å². The maximum absolute atomic E-state index is 8.59. The van der Waals surface area contributed by atoms with Crippen LogP contribution in [-0.4, -0.2) is 5.11 Å². The minimum atomic E-state index is 0.0836. The summed E-state index contributed by atoms with van der Waals surface area (Å²) in [6, 6.07) is 16.9. The molecule has 0 atom stereocenters. The highest BCUT2D eigenvalue weighted by Gasteiger charge is 1.86. The molecule has 0 unspecified atom stereocenters. The summed E-state index contributed by atoms with van der Waals surface area (Å²) in [5.74, 6) is 0. The minimum Gasteiger partial charge on any atom is -0.399 e. The summed E-state index contributed by atoms with van der Waals surface area (Å²) in [4.78, 5) is 1.02. The molecular formula is C13H15NOS. The number of hydrogen-bond donors (Lipinski definition) is 3. The van der Waals surface area contributed by atoms with Crippen molar-refractivity contribution in [3.63, 3.8) is 0 Å². The van der Waals surface area contributed by atoms with E-state index in [0.717, 1.165) is 16.1 Å². The largest absolute Gasteiger partial charge is 0.399 e. The van der Waals surface area contributed by atoms with E-state index in [1.807, 2.05) is 30.3 Å². The van der Waals surface area contributed by atoms with Gasteiger partial charge in [0.1, 0.15) is 0 Å². The number of thiol groups is 1. The molecule has 2 aromatic rings. The van der Waals surface area contributed by atoms with Gasteiger partial charge in [0, 0.05) is 10.6 Å². The highest BCUT2D eigenvalue weighted by molar-refractivity contribution is 7.80. The van der Waals surface area contributed by atoms with Gasteiger partial charge < -0.3 is 10.8 Å². The Kier molecular flexibility index (Phi) is 5.46. The first-order valence-corrected chi connectivity index (χ1v) is 5.36.